The Morgan fingerprint density at radius 3 is 2.81 bits per heavy atom. The van der Waals surface area contributed by atoms with E-state index in [2.05, 4.69) is 5.32 Å². The molecule has 3 amide bonds. The second-order valence-electron chi connectivity index (χ2n) is 6.44. The second-order valence-corrected chi connectivity index (χ2v) is 7.43. The van der Waals surface area contributed by atoms with Crippen molar-refractivity contribution in [3.05, 3.63) is 57.2 Å². The number of nitro benzene ring substituents is 1. The van der Waals surface area contributed by atoms with Crippen LogP contribution in [0.15, 0.2) is 45.7 Å². The van der Waals surface area contributed by atoms with E-state index in [1.165, 1.54) is 12.1 Å². The summed E-state index contributed by atoms with van der Waals surface area (Å²) in [6, 6.07) is 9.21. The number of nitro groups is 1. The topological polar surface area (TPSA) is 132 Å². The van der Waals surface area contributed by atoms with Crippen molar-refractivity contribution in [3.8, 4) is 11.3 Å². The van der Waals surface area contributed by atoms with E-state index in [0.717, 1.165) is 4.90 Å². The highest BCUT2D eigenvalue weighted by Crippen LogP contribution is 2.35. The molecule has 0 spiro atoms. The molecule has 1 aliphatic rings. The molecule has 0 radical (unpaired) electrons. The van der Waals surface area contributed by atoms with E-state index in [-0.39, 0.29) is 28.7 Å². The Kier molecular flexibility index (Phi) is 7.21. The van der Waals surface area contributed by atoms with Gasteiger partial charge in [0.25, 0.3) is 16.8 Å². The molecule has 0 atom stereocenters. The molecule has 3 rings (SSSR count). The number of para-hydroxylation sites is 1. The molecule has 1 N–H and O–H groups in total. The zero-order valence-electron chi connectivity index (χ0n) is 16.5. The summed E-state index contributed by atoms with van der Waals surface area (Å²) in [6.45, 7) is 0.482. The number of imide groups is 1. The van der Waals surface area contributed by atoms with Gasteiger partial charge in [0.15, 0.2) is 0 Å². The SMILES string of the molecule is COCCCNC(=O)CN1C(=O)S/C(=C\c2ccc(-c3ccccc3[N+](=O)[O-])o2)C1=O. The highest BCUT2D eigenvalue weighted by Gasteiger charge is 2.36. The van der Waals surface area contributed by atoms with E-state index in [1.54, 1.807) is 37.4 Å². The van der Waals surface area contributed by atoms with Crippen LogP contribution in [0.5, 0.6) is 0 Å². The molecule has 0 saturated carbocycles. The number of hydrogen-bond acceptors (Lipinski definition) is 8. The van der Waals surface area contributed by atoms with E-state index >= 15 is 0 Å². The Morgan fingerprint density at radius 2 is 2.06 bits per heavy atom. The molecule has 0 unspecified atom stereocenters. The Balaban J connectivity index is 1.70. The number of furan rings is 1. The number of hydrogen-bond donors (Lipinski definition) is 1. The first-order valence-electron chi connectivity index (χ1n) is 9.25. The highest BCUT2D eigenvalue weighted by molar-refractivity contribution is 8.18. The lowest BCUT2D eigenvalue weighted by molar-refractivity contribution is -0.384. The third-order valence-electron chi connectivity index (χ3n) is 4.29. The van der Waals surface area contributed by atoms with Gasteiger partial charge >= 0.3 is 0 Å². The largest absolute Gasteiger partial charge is 0.456 e. The Labute approximate surface area is 181 Å². The molecule has 1 fully saturated rings. The van der Waals surface area contributed by atoms with Gasteiger partial charge in [0, 0.05) is 32.4 Å². The summed E-state index contributed by atoms with van der Waals surface area (Å²) in [7, 11) is 1.55. The van der Waals surface area contributed by atoms with Gasteiger partial charge in [0.05, 0.1) is 15.4 Å². The normalized spacial score (nSPS) is 15.0. The number of benzene rings is 1. The van der Waals surface area contributed by atoms with Gasteiger partial charge in [-0.3, -0.25) is 29.4 Å². The predicted octanol–water partition coefficient (Wildman–Crippen LogP) is 3.04. The number of ether oxygens (including phenoxy) is 1. The summed E-state index contributed by atoms with van der Waals surface area (Å²) in [4.78, 5) is 48.3. The highest BCUT2D eigenvalue weighted by atomic mass is 32.2. The van der Waals surface area contributed by atoms with Gasteiger partial charge in [-0.15, -0.1) is 0 Å². The van der Waals surface area contributed by atoms with Gasteiger partial charge in [-0.05, 0) is 36.4 Å². The van der Waals surface area contributed by atoms with Gasteiger partial charge in [0.1, 0.15) is 18.1 Å². The number of nitrogens with one attached hydrogen (secondary N) is 1. The van der Waals surface area contributed by atoms with E-state index < -0.39 is 22.0 Å². The Morgan fingerprint density at radius 1 is 1.29 bits per heavy atom. The van der Waals surface area contributed by atoms with Crippen molar-refractivity contribution >= 4 is 40.6 Å². The van der Waals surface area contributed by atoms with Crippen molar-refractivity contribution in [1.29, 1.82) is 0 Å². The van der Waals surface area contributed by atoms with Gasteiger partial charge < -0.3 is 14.5 Å². The standard InChI is InChI=1S/C20H19N3O7S/c1-29-10-4-9-21-18(24)12-22-19(25)17(31-20(22)26)11-13-7-8-16(30-13)14-5-2-3-6-15(14)23(27)28/h2-3,5-8,11H,4,9-10,12H2,1H3,(H,21,24)/b17-11-. The fourth-order valence-electron chi connectivity index (χ4n) is 2.83. The molecule has 11 heteroatoms. The number of carbonyl (C=O) groups is 3. The van der Waals surface area contributed by atoms with Crippen molar-refractivity contribution < 1.29 is 28.5 Å². The van der Waals surface area contributed by atoms with Crippen LogP contribution in [-0.2, 0) is 14.3 Å². The second kappa shape index (κ2) is 10.0. The molecule has 31 heavy (non-hydrogen) atoms. The predicted molar refractivity (Wildman–Crippen MR) is 113 cm³/mol. The maximum Gasteiger partial charge on any atom is 0.294 e. The van der Waals surface area contributed by atoms with Gasteiger partial charge in [-0.25, -0.2) is 0 Å². The van der Waals surface area contributed by atoms with Crippen LogP contribution in [0.4, 0.5) is 10.5 Å². The van der Waals surface area contributed by atoms with Crippen molar-refractivity contribution in [2.45, 2.75) is 6.42 Å². The summed E-state index contributed by atoms with van der Waals surface area (Å²) in [6.07, 6.45) is 1.99. The third-order valence-corrected chi connectivity index (χ3v) is 5.20. The molecular weight excluding hydrogens is 426 g/mol. The maximum atomic E-state index is 12.5. The van der Waals surface area contributed by atoms with Crippen LogP contribution < -0.4 is 5.32 Å². The first-order valence-corrected chi connectivity index (χ1v) is 10.1. The average molecular weight is 445 g/mol. The average Bonchev–Trinajstić information content (AvgIpc) is 3.31. The van der Waals surface area contributed by atoms with E-state index in [1.807, 2.05) is 0 Å². The van der Waals surface area contributed by atoms with Gasteiger partial charge in [-0.2, -0.15) is 0 Å². The molecule has 162 valence electrons. The van der Waals surface area contributed by atoms with Crippen LogP contribution >= 0.6 is 11.8 Å². The van der Waals surface area contributed by atoms with Crippen LogP contribution in [0.3, 0.4) is 0 Å². The first-order chi connectivity index (χ1) is 14.9. The van der Waals surface area contributed by atoms with Crippen molar-refractivity contribution in [3.63, 3.8) is 0 Å². The fourth-order valence-corrected chi connectivity index (χ4v) is 3.64. The monoisotopic (exact) mass is 445 g/mol. The van der Waals surface area contributed by atoms with Crippen LogP contribution in [0.25, 0.3) is 17.4 Å². The lowest BCUT2D eigenvalue weighted by Crippen LogP contribution is -2.39. The minimum absolute atomic E-state index is 0.0978. The summed E-state index contributed by atoms with van der Waals surface area (Å²) < 4.78 is 10.5. The number of amides is 3. The van der Waals surface area contributed by atoms with Crippen molar-refractivity contribution in [1.82, 2.24) is 10.2 Å². The molecule has 0 bridgehead atoms. The number of carbonyl (C=O) groups excluding carboxylic acids is 3. The molecule has 2 heterocycles. The summed E-state index contributed by atoms with van der Waals surface area (Å²) in [5.41, 5.74) is 0.186. The summed E-state index contributed by atoms with van der Waals surface area (Å²) >= 11 is 0.694. The van der Waals surface area contributed by atoms with Crippen LogP contribution in [0.1, 0.15) is 12.2 Å². The number of thioether (sulfide) groups is 1. The number of methoxy groups -OCH3 is 1. The fraction of sp³-hybridized carbons (Fsp3) is 0.250. The van der Waals surface area contributed by atoms with E-state index in [4.69, 9.17) is 9.15 Å². The van der Waals surface area contributed by atoms with Crippen molar-refractivity contribution in [2.75, 3.05) is 26.8 Å². The van der Waals surface area contributed by atoms with E-state index in [9.17, 15) is 24.5 Å². The number of nitrogens with zero attached hydrogens (tertiary/aromatic N) is 2. The molecule has 1 aromatic carbocycles. The van der Waals surface area contributed by atoms with Crippen LogP contribution in [0, 0.1) is 10.1 Å². The molecule has 0 aliphatic carbocycles. The third kappa shape index (κ3) is 5.38. The van der Waals surface area contributed by atoms with Gasteiger partial charge in [0.2, 0.25) is 5.91 Å². The molecule has 1 aliphatic heterocycles. The Hall–Kier alpha value is -3.44. The molecule has 10 nitrogen and oxygen atoms in total. The summed E-state index contributed by atoms with van der Waals surface area (Å²) in [5.74, 6) is -0.544. The molecule has 1 aromatic heterocycles. The summed E-state index contributed by atoms with van der Waals surface area (Å²) in [5, 5.41) is 13.3. The Bertz CT molecular complexity index is 1050. The molecule has 1 saturated heterocycles. The number of rotatable bonds is 9. The van der Waals surface area contributed by atoms with Crippen molar-refractivity contribution in [2.24, 2.45) is 0 Å². The lowest BCUT2D eigenvalue weighted by atomic mass is 10.1. The zero-order valence-corrected chi connectivity index (χ0v) is 17.3. The van der Waals surface area contributed by atoms with Crippen LogP contribution in [-0.4, -0.2) is 53.7 Å². The lowest BCUT2D eigenvalue weighted by Gasteiger charge is -2.12. The van der Waals surface area contributed by atoms with Gasteiger partial charge in [-0.1, -0.05) is 12.1 Å². The first kappa shape index (κ1) is 22.2. The molecular formula is C20H19N3O7S. The smallest absolute Gasteiger partial charge is 0.294 e. The minimum atomic E-state index is -0.606. The van der Waals surface area contributed by atoms with E-state index in [0.29, 0.717) is 36.9 Å². The van der Waals surface area contributed by atoms with Crippen LogP contribution in [0.2, 0.25) is 0 Å². The maximum absolute atomic E-state index is 12.5. The quantitative estimate of drug-likeness (QED) is 0.270. The minimum Gasteiger partial charge on any atom is -0.456 e. The zero-order chi connectivity index (χ0) is 22.4. The molecule has 2 aromatic rings.